The molecule has 0 unspecified atom stereocenters. The average Bonchev–Trinajstić information content (AvgIpc) is 2.74. The molecule has 182 valence electrons. The van der Waals surface area contributed by atoms with Gasteiger partial charge >= 0.3 is 11.9 Å². The monoisotopic (exact) mass is 440 g/mol. The van der Waals surface area contributed by atoms with Crippen LogP contribution in [-0.2, 0) is 19.1 Å². The summed E-state index contributed by atoms with van der Waals surface area (Å²) >= 11 is 0. The molecule has 1 amide bonds. The topological polar surface area (TPSA) is 112 Å². The number of rotatable bonds is 22. The number of ether oxygens (including phenoxy) is 1. The SMILES string of the molecule is CCCCCCCCCCCCCCCCCCCC(=O)OC(=O)[C@@H](N)CCC(N)=O. The molecule has 0 fully saturated rings. The second-order valence-electron chi connectivity index (χ2n) is 8.81. The summed E-state index contributed by atoms with van der Waals surface area (Å²) in [4.78, 5) is 34.0. The van der Waals surface area contributed by atoms with E-state index >= 15 is 0 Å². The number of nitrogens with two attached hydrogens (primary N) is 2. The van der Waals surface area contributed by atoms with Gasteiger partial charge in [-0.2, -0.15) is 0 Å². The van der Waals surface area contributed by atoms with E-state index in [4.69, 9.17) is 16.2 Å². The van der Waals surface area contributed by atoms with Crippen LogP contribution in [0.25, 0.3) is 0 Å². The Morgan fingerprint density at radius 1 is 0.645 bits per heavy atom. The molecule has 0 bridgehead atoms. The van der Waals surface area contributed by atoms with Gasteiger partial charge in [0, 0.05) is 12.8 Å². The van der Waals surface area contributed by atoms with E-state index in [1.165, 1.54) is 89.9 Å². The highest BCUT2D eigenvalue weighted by molar-refractivity contribution is 5.88. The molecule has 0 aromatic carbocycles. The van der Waals surface area contributed by atoms with Gasteiger partial charge < -0.3 is 16.2 Å². The van der Waals surface area contributed by atoms with Crippen molar-refractivity contribution in [3.63, 3.8) is 0 Å². The third-order valence-corrected chi connectivity index (χ3v) is 5.70. The zero-order valence-corrected chi connectivity index (χ0v) is 20.0. The fourth-order valence-electron chi connectivity index (χ4n) is 3.65. The molecule has 6 heteroatoms. The number of esters is 2. The first-order valence-electron chi connectivity index (χ1n) is 12.8. The van der Waals surface area contributed by atoms with Gasteiger partial charge in [0.2, 0.25) is 5.91 Å². The van der Waals surface area contributed by atoms with Crippen LogP contribution >= 0.6 is 0 Å². The Hall–Kier alpha value is -1.43. The highest BCUT2D eigenvalue weighted by Crippen LogP contribution is 2.14. The van der Waals surface area contributed by atoms with Crippen LogP contribution in [0.5, 0.6) is 0 Å². The molecular weight excluding hydrogens is 392 g/mol. The van der Waals surface area contributed by atoms with Crippen LogP contribution in [0.2, 0.25) is 0 Å². The molecule has 0 aliphatic rings. The van der Waals surface area contributed by atoms with Gasteiger partial charge in [0.15, 0.2) is 0 Å². The second kappa shape index (κ2) is 21.8. The van der Waals surface area contributed by atoms with Crippen LogP contribution in [0.3, 0.4) is 0 Å². The van der Waals surface area contributed by atoms with Crippen molar-refractivity contribution in [1.82, 2.24) is 0 Å². The molecule has 0 aliphatic heterocycles. The number of primary amides is 1. The van der Waals surface area contributed by atoms with Crippen LogP contribution in [0.1, 0.15) is 135 Å². The number of carbonyl (C=O) groups is 3. The standard InChI is InChI=1S/C25H48N2O4/c1-2-3-4-5-6-7-8-9-10-11-12-13-14-15-16-17-18-19-24(29)31-25(30)22(26)20-21-23(27)28/h22H,2-21,26H2,1H3,(H2,27,28)/t22-/m0/s1. The molecule has 0 heterocycles. The summed E-state index contributed by atoms with van der Waals surface area (Å²) in [7, 11) is 0. The van der Waals surface area contributed by atoms with Gasteiger partial charge in [0.1, 0.15) is 6.04 Å². The lowest BCUT2D eigenvalue weighted by molar-refractivity contribution is -0.160. The van der Waals surface area contributed by atoms with Gasteiger partial charge in [0.25, 0.3) is 0 Å². The molecule has 1 atom stereocenters. The number of hydrogen-bond acceptors (Lipinski definition) is 5. The van der Waals surface area contributed by atoms with Crippen molar-refractivity contribution in [2.24, 2.45) is 11.5 Å². The fourth-order valence-corrected chi connectivity index (χ4v) is 3.65. The minimum absolute atomic E-state index is 0.00362. The molecule has 0 saturated carbocycles. The fraction of sp³-hybridized carbons (Fsp3) is 0.880. The zero-order chi connectivity index (χ0) is 23.2. The Bertz CT molecular complexity index is 468. The quantitative estimate of drug-likeness (QED) is 0.127. The summed E-state index contributed by atoms with van der Waals surface area (Å²) in [6.07, 6.45) is 22.1. The predicted molar refractivity (Wildman–Crippen MR) is 126 cm³/mol. The Kier molecular flexibility index (Phi) is 20.8. The van der Waals surface area contributed by atoms with Gasteiger partial charge in [-0.15, -0.1) is 0 Å². The van der Waals surface area contributed by atoms with Crippen molar-refractivity contribution in [2.45, 2.75) is 141 Å². The van der Waals surface area contributed by atoms with E-state index < -0.39 is 23.9 Å². The van der Waals surface area contributed by atoms with Crippen molar-refractivity contribution < 1.29 is 19.1 Å². The lowest BCUT2D eigenvalue weighted by Gasteiger charge is -2.09. The van der Waals surface area contributed by atoms with Crippen LogP contribution in [0, 0.1) is 0 Å². The Balaban J connectivity index is 3.34. The zero-order valence-electron chi connectivity index (χ0n) is 20.0. The first-order valence-corrected chi connectivity index (χ1v) is 12.8. The number of unbranched alkanes of at least 4 members (excludes halogenated alkanes) is 16. The maximum Gasteiger partial charge on any atom is 0.330 e. The molecule has 0 aliphatic carbocycles. The summed E-state index contributed by atoms with van der Waals surface area (Å²) in [5, 5.41) is 0. The van der Waals surface area contributed by atoms with E-state index in [0.29, 0.717) is 0 Å². The van der Waals surface area contributed by atoms with Crippen molar-refractivity contribution in [3.8, 4) is 0 Å². The summed E-state index contributed by atoms with van der Waals surface area (Å²) < 4.78 is 4.72. The van der Waals surface area contributed by atoms with Gasteiger partial charge in [-0.25, -0.2) is 4.79 Å². The smallest absolute Gasteiger partial charge is 0.330 e. The normalized spacial score (nSPS) is 11.9. The molecule has 0 rings (SSSR count). The molecule has 0 saturated heterocycles. The van der Waals surface area contributed by atoms with Crippen LogP contribution in [0.15, 0.2) is 0 Å². The molecule has 0 aromatic heterocycles. The second-order valence-corrected chi connectivity index (χ2v) is 8.81. The molecule has 6 nitrogen and oxygen atoms in total. The van der Waals surface area contributed by atoms with Gasteiger partial charge in [-0.3, -0.25) is 9.59 Å². The highest BCUT2D eigenvalue weighted by atomic mass is 16.6. The third-order valence-electron chi connectivity index (χ3n) is 5.70. The molecule has 0 aromatic rings. The highest BCUT2D eigenvalue weighted by Gasteiger charge is 2.19. The van der Waals surface area contributed by atoms with Crippen LogP contribution in [0.4, 0.5) is 0 Å². The minimum atomic E-state index is -0.980. The molecule has 31 heavy (non-hydrogen) atoms. The number of amides is 1. The number of carbonyl (C=O) groups excluding carboxylic acids is 3. The Labute approximate surface area is 190 Å². The van der Waals surface area contributed by atoms with E-state index in [1.807, 2.05) is 0 Å². The van der Waals surface area contributed by atoms with Gasteiger partial charge in [0.05, 0.1) is 0 Å². The van der Waals surface area contributed by atoms with Gasteiger partial charge in [-0.1, -0.05) is 110 Å². The van der Waals surface area contributed by atoms with Crippen molar-refractivity contribution in [1.29, 1.82) is 0 Å². The lowest BCUT2D eigenvalue weighted by atomic mass is 10.0. The third kappa shape index (κ3) is 21.6. The van der Waals surface area contributed by atoms with E-state index in [1.54, 1.807) is 0 Å². The lowest BCUT2D eigenvalue weighted by Crippen LogP contribution is -2.34. The molecule has 4 N–H and O–H groups in total. The van der Waals surface area contributed by atoms with Crippen molar-refractivity contribution >= 4 is 17.8 Å². The summed E-state index contributed by atoms with van der Waals surface area (Å²) in [5.74, 6) is -1.85. The summed E-state index contributed by atoms with van der Waals surface area (Å²) in [6, 6.07) is -0.980. The van der Waals surface area contributed by atoms with Gasteiger partial charge in [-0.05, 0) is 12.8 Å². The predicted octanol–water partition coefficient (Wildman–Crippen LogP) is 5.69. The van der Waals surface area contributed by atoms with E-state index in [9.17, 15) is 14.4 Å². The first kappa shape index (κ1) is 29.6. The maximum atomic E-state index is 11.7. The first-order chi connectivity index (χ1) is 15.0. The summed E-state index contributed by atoms with van der Waals surface area (Å²) in [5.41, 5.74) is 10.6. The van der Waals surface area contributed by atoms with Crippen LogP contribution < -0.4 is 11.5 Å². The summed E-state index contributed by atoms with van der Waals surface area (Å²) in [6.45, 7) is 2.26. The molecule has 0 radical (unpaired) electrons. The van der Waals surface area contributed by atoms with Crippen LogP contribution in [-0.4, -0.2) is 23.9 Å². The van der Waals surface area contributed by atoms with Crippen molar-refractivity contribution in [3.05, 3.63) is 0 Å². The van der Waals surface area contributed by atoms with E-state index in [2.05, 4.69) is 6.92 Å². The Morgan fingerprint density at radius 3 is 1.42 bits per heavy atom. The number of hydrogen-bond donors (Lipinski definition) is 2. The molecular formula is C25H48N2O4. The maximum absolute atomic E-state index is 11.7. The van der Waals surface area contributed by atoms with Crippen molar-refractivity contribution in [2.75, 3.05) is 0 Å². The molecule has 0 spiro atoms. The van der Waals surface area contributed by atoms with E-state index in [-0.39, 0.29) is 19.3 Å². The average molecular weight is 441 g/mol. The Morgan fingerprint density at radius 2 is 1.03 bits per heavy atom. The minimum Gasteiger partial charge on any atom is -0.392 e. The largest absolute Gasteiger partial charge is 0.392 e. The van der Waals surface area contributed by atoms with E-state index in [0.717, 1.165) is 19.3 Å².